The minimum Gasteiger partial charge on any atom is -0.381 e. The highest BCUT2D eigenvalue weighted by Gasteiger charge is 2.16. The molecule has 2 heterocycles. The first-order valence-electron chi connectivity index (χ1n) is 7.38. The fourth-order valence-corrected chi connectivity index (χ4v) is 3.04. The second kappa shape index (κ2) is 7.47. The number of nitrogens with zero attached hydrogens (tertiary/aromatic N) is 2. The van der Waals surface area contributed by atoms with E-state index in [0.29, 0.717) is 30.6 Å². The van der Waals surface area contributed by atoms with Crippen molar-refractivity contribution >= 4 is 22.5 Å². The third-order valence-electron chi connectivity index (χ3n) is 3.53. The van der Waals surface area contributed by atoms with Crippen molar-refractivity contribution in [3.05, 3.63) is 40.7 Å². The quantitative estimate of drug-likeness (QED) is 0.879. The summed E-state index contributed by atoms with van der Waals surface area (Å²) in [6.07, 6.45) is 1.53. The van der Waals surface area contributed by atoms with Crippen LogP contribution in [0.15, 0.2) is 24.3 Å². The molecule has 1 atom stereocenters. The smallest absolute Gasteiger partial charge is 0.321 e. The predicted molar refractivity (Wildman–Crippen MR) is 85.1 cm³/mol. The minimum absolute atomic E-state index is 0.266. The van der Waals surface area contributed by atoms with Crippen LogP contribution in [0.2, 0.25) is 0 Å². The van der Waals surface area contributed by atoms with Crippen molar-refractivity contribution in [1.82, 2.24) is 15.5 Å². The van der Waals surface area contributed by atoms with E-state index in [9.17, 15) is 9.18 Å². The van der Waals surface area contributed by atoms with Gasteiger partial charge in [-0.15, -0.1) is 10.2 Å². The molecule has 1 saturated heterocycles. The van der Waals surface area contributed by atoms with Gasteiger partial charge in [-0.25, -0.2) is 9.18 Å². The lowest BCUT2D eigenvalue weighted by Gasteiger charge is -2.08. The monoisotopic (exact) mass is 336 g/mol. The molecule has 2 N–H and O–H groups in total. The Bertz CT molecular complexity index is 656. The van der Waals surface area contributed by atoms with Crippen LogP contribution in [0.25, 0.3) is 0 Å². The summed E-state index contributed by atoms with van der Waals surface area (Å²) in [5, 5.41) is 14.7. The number of rotatable bonds is 5. The van der Waals surface area contributed by atoms with Crippen molar-refractivity contribution in [2.45, 2.75) is 12.8 Å². The van der Waals surface area contributed by atoms with Crippen LogP contribution in [0.5, 0.6) is 0 Å². The van der Waals surface area contributed by atoms with E-state index in [0.717, 1.165) is 23.6 Å². The van der Waals surface area contributed by atoms with Gasteiger partial charge in [0, 0.05) is 25.5 Å². The Morgan fingerprint density at radius 1 is 1.35 bits per heavy atom. The SMILES string of the molecule is O=C(NC[C@@H]1CCOC1)Nc1nnc(Cc2ccc(F)cc2)s1. The molecule has 0 spiro atoms. The van der Waals surface area contributed by atoms with Crippen LogP contribution in [-0.4, -0.2) is 36.0 Å². The fraction of sp³-hybridized carbons (Fsp3) is 0.400. The second-order valence-electron chi connectivity index (χ2n) is 5.37. The van der Waals surface area contributed by atoms with Crippen LogP contribution in [0.1, 0.15) is 17.0 Å². The normalized spacial score (nSPS) is 17.2. The zero-order valence-corrected chi connectivity index (χ0v) is 13.2. The molecule has 1 aliphatic rings. The Balaban J connectivity index is 1.48. The van der Waals surface area contributed by atoms with Crippen molar-refractivity contribution in [2.24, 2.45) is 5.92 Å². The van der Waals surface area contributed by atoms with Gasteiger partial charge in [-0.1, -0.05) is 23.5 Å². The summed E-state index contributed by atoms with van der Waals surface area (Å²) in [7, 11) is 0. The molecular weight excluding hydrogens is 319 g/mol. The first-order valence-corrected chi connectivity index (χ1v) is 8.20. The molecule has 2 aromatic rings. The number of hydrogen-bond acceptors (Lipinski definition) is 5. The summed E-state index contributed by atoms with van der Waals surface area (Å²) in [5.74, 6) is 0.113. The summed E-state index contributed by atoms with van der Waals surface area (Å²) in [5.41, 5.74) is 0.944. The first kappa shape index (κ1) is 15.8. The topological polar surface area (TPSA) is 76.1 Å². The third kappa shape index (κ3) is 4.70. The van der Waals surface area contributed by atoms with Crippen LogP contribution in [0, 0.1) is 11.7 Å². The molecule has 122 valence electrons. The average Bonchev–Trinajstić information content (AvgIpc) is 3.20. The van der Waals surface area contributed by atoms with Crippen LogP contribution >= 0.6 is 11.3 Å². The lowest BCUT2D eigenvalue weighted by molar-refractivity contribution is 0.185. The molecule has 3 rings (SSSR count). The third-order valence-corrected chi connectivity index (χ3v) is 4.37. The van der Waals surface area contributed by atoms with Crippen LogP contribution in [-0.2, 0) is 11.2 Å². The van der Waals surface area contributed by atoms with E-state index in [1.807, 2.05) is 0 Å². The number of anilines is 1. The second-order valence-corrected chi connectivity index (χ2v) is 6.43. The summed E-state index contributed by atoms with van der Waals surface area (Å²) >= 11 is 1.31. The van der Waals surface area contributed by atoms with E-state index < -0.39 is 0 Å². The van der Waals surface area contributed by atoms with Gasteiger partial charge in [-0.2, -0.15) is 0 Å². The van der Waals surface area contributed by atoms with E-state index in [2.05, 4.69) is 20.8 Å². The Labute approximate surface area is 137 Å². The molecule has 6 nitrogen and oxygen atoms in total. The van der Waals surface area contributed by atoms with E-state index in [-0.39, 0.29) is 11.8 Å². The number of carbonyl (C=O) groups excluding carboxylic acids is 1. The lowest BCUT2D eigenvalue weighted by atomic mass is 10.1. The number of aromatic nitrogens is 2. The molecule has 1 aliphatic heterocycles. The molecule has 0 unspecified atom stereocenters. The van der Waals surface area contributed by atoms with Gasteiger partial charge in [-0.3, -0.25) is 5.32 Å². The Kier molecular flexibility index (Phi) is 5.14. The van der Waals surface area contributed by atoms with Gasteiger partial charge in [0.25, 0.3) is 0 Å². The van der Waals surface area contributed by atoms with Crippen molar-refractivity contribution in [3.63, 3.8) is 0 Å². The van der Waals surface area contributed by atoms with Gasteiger partial charge < -0.3 is 10.1 Å². The van der Waals surface area contributed by atoms with Gasteiger partial charge in [0.15, 0.2) is 0 Å². The number of hydrogen-bond donors (Lipinski definition) is 2. The molecule has 1 aromatic carbocycles. The fourth-order valence-electron chi connectivity index (χ4n) is 2.28. The standard InChI is InChI=1S/C15H17FN4O2S/c16-12-3-1-10(2-4-12)7-13-19-20-15(23-13)18-14(21)17-8-11-5-6-22-9-11/h1-4,11H,5-9H2,(H2,17,18,20,21)/t11-/m0/s1. The highest BCUT2D eigenvalue weighted by Crippen LogP contribution is 2.18. The Morgan fingerprint density at radius 3 is 2.91 bits per heavy atom. The number of nitrogens with one attached hydrogen (secondary N) is 2. The zero-order chi connectivity index (χ0) is 16.1. The van der Waals surface area contributed by atoms with Gasteiger partial charge in [0.05, 0.1) is 6.61 Å². The largest absolute Gasteiger partial charge is 0.381 e. The van der Waals surface area contributed by atoms with Crippen LogP contribution < -0.4 is 10.6 Å². The molecule has 0 bridgehead atoms. The highest BCUT2D eigenvalue weighted by molar-refractivity contribution is 7.15. The maximum Gasteiger partial charge on any atom is 0.321 e. The maximum atomic E-state index is 12.9. The van der Waals surface area contributed by atoms with Gasteiger partial charge in [-0.05, 0) is 24.1 Å². The average molecular weight is 336 g/mol. The van der Waals surface area contributed by atoms with Crippen molar-refractivity contribution in [3.8, 4) is 0 Å². The van der Waals surface area contributed by atoms with Gasteiger partial charge >= 0.3 is 6.03 Å². The predicted octanol–water partition coefficient (Wildman–Crippen LogP) is 2.43. The molecule has 0 aliphatic carbocycles. The van der Waals surface area contributed by atoms with Crippen molar-refractivity contribution in [2.75, 3.05) is 25.1 Å². The Hall–Kier alpha value is -2.06. The summed E-state index contributed by atoms with van der Waals surface area (Å²) < 4.78 is 18.1. The molecule has 2 amide bonds. The van der Waals surface area contributed by atoms with Crippen molar-refractivity contribution < 1.29 is 13.9 Å². The molecule has 1 fully saturated rings. The first-order chi connectivity index (χ1) is 11.2. The number of carbonyl (C=O) groups is 1. The van der Waals surface area contributed by atoms with E-state index >= 15 is 0 Å². The Morgan fingerprint density at radius 2 is 2.17 bits per heavy atom. The zero-order valence-electron chi connectivity index (χ0n) is 12.4. The highest BCUT2D eigenvalue weighted by atomic mass is 32.1. The number of urea groups is 1. The van der Waals surface area contributed by atoms with Gasteiger partial charge in [0.2, 0.25) is 5.13 Å². The number of benzene rings is 1. The van der Waals surface area contributed by atoms with E-state index in [4.69, 9.17) is 4.74 Å². The van der Waals surface area contributed by atoms with Crippen molar-refractivity contribution in [1.29, 1.82) is 0 Å². The molecular formula is C15H17FN4O2S. The maximum absolute atomic E-state index is 12.9. The summed E-state index contributed by atoms with van der Waals surface area (Å²) in [6.45, 7) is 2.05. The van der Waals surface area contributed by atoms with Crippen LogP contribution in [0.4, 0.5) is 14.3 Å². The summed E-state index contributed by atoms with van der Waals surface area (Å²) in [4.78, 5) is 11.8. The summed E-state index contributed by atoms with van der Waals surface area (Å²) in [6, 6.07) is 5.95. The number of ether oxygens (including phenoxy) is 1. The molecule has 8 heteroatoms. The minimum atomic E-state index is -0.290. The number of halogens is 1. The molecule has 23 heavy (non-hydrogen) atoms. The van der Waals surface area contributed by atoms with Gasteiger partial charge in [0.1, 0.15) is 10.8 Å². The number of amides is 2. The lowest BCUT2D eigenvalue weighted by Crippen LogP contribution is -2.33. The van der Waals surface area contributed by atoms with E-state index in [1.54, 1.807) is 12.1 Å². The molecule has 0 radical (unpaired) electrons. The van der Waals surface area contributed by atoms with E-state index in [1.165, 1.54) is 23.5 Å². The van der Waals surface area contributed by atoms with Crippen LogP contribution in [0.3, 0.4) is 0 Å². The molecule has 1 aromatic heterocycles. The molecule has 0 saturated carbocycles.